The van der Waals surface area contributed by atoms with Crippen molar-refractivity contribution in [1.82, 2.24) is 5.32 Å². The molecule has 1 aromatic carbocycles. The number of nitrogens with one attached hydrogen (secondary N) is 1. The fraction of sp³-hybridized carbons (Fsp3) is 0.647. The fourth-order valence-corrected chi connectivity index (χ4v) is 2.58. The highest BCUT2D eigenvalue weighted by molar-refractivity contribution is 5.48. The minimum absolute atomic E-state index is 0.367. The molecule has 2 nitrogen and oxygen atoms in total. The molecule has 0 saturated carbocycles. The van der Waals surface area contributed by atoms with E-state index in [0.29, 0.717) is 11.5 Å². The van der Waals surface area contributed by atoms with E-state index in [4.69, 9.17) is 0 Å². The maximum Gasteiger partial charge on any atom is 0.0366 e. The lowest BCUT2D eigenvalue weighted by molar-refractivity contribution is 0.328. The second-order valence-corrected chi connectivity index (χ2v) is 7.06. The van der Waals surface area contributed by atoms with Gasteiger partial charge in [0.1, 0.15) is 0 Å². The first-order valence-corrected chi connectivity index (χ1v) is 7.49. The highest BCUT2D eigenvalue weighted by Gasteiger charge is 2.21. The predicted octanol–water partition coefficient (Wildman–Crippen LogP) is 3.60. The van der Waals surface area contributed by atoms with Crippen LogP contribution < -0.4 is 10.2 Å². The van der Waals surface area contributed by atoms with Gasteiger partial charge in [0.05, 0.1) is 0 Å². The maximum absolute atomic E-state index is 3.73. The molecular formula is C17H28N2. The van der Waals surface area contributed by atoms with Crippen molar-refractivity contribution >= 4 is 5.69 Å². The molecule has 2 rings (SSSR count). The van der Waals surface area contributed by atoms with E-state index in [-0.39, 0.29) is 0 Å². The summed E-state index contributed by atoms with van der Waals surface area (Å²) in [5.74, 6) is 0. The van der Waals surface area contributed by atoms with Gasteiger partial charge in [-0.1, -0.05) is 38.5 Å². The summed E-state index contributed by atoms with van der Waals surface area (Å²) >= 11 is 0. The van der Waals surface area contributed by atoms with Crippen molar-refractivity contribution < 1.29 is 0 Å². The second-order valence-electron chi connectivity index (χ2n) is 7.06. The molecule has 0 aromatic heterocycles. The molecule has 1 unspecified atom stereocenters. The lowest BCUT2D eigenvalue weighted by Gasteiger charge is -2.36. The summed E-state index contributed by atoms with van der Waals surface area (Å²) in [6.07, 6.45) is 2.59. The molecule has 1 aliphatic rings. The molecule has 1 saturated heterocycles. The first-order chi connectivity index (χ1) is 8.94. The summed E-state index contributed by atoms with van der Waals surface area (Å²) in [5, 5.41) is 3.73. The number of aryl methyl sites for hydroxylation is 1. The Balaban J connectivity index is 1.91. The number of hydrogen-bond donors (Lipinski definition) is 1. The van der Waals surface area contributed by atoms with Crippen LogP contribution in [0.25, 0.3) is 0 Å². The Labute approximate surface area is 118 Å². The molecule has 1 heterocycles. The second kappa shape index (κ2) is 5.96. The van der Waals surface area contributed by atoms with Gasteiger partial charge in [-0.25, -0.2) is 0 Å². The number of anilines is 1. The van der Waals surface area contributed by atoms with Gasteiger partial charge >= 0.3 is 0 Å². The molecule has 0 radical (unpaired) electrons. The number of hydrogen-bond acceptors (Lipinski definition) is 2. The Bertz CT molecular complexity index is 389. The molecule has 1 atom stereocenters. The van der Waals surface area contributed by atoms with Crippen LogP contribution in [0.15, 0.2) is 24.3 Å². The van der Waals surface area contributed by atoms with Crippen LogP contribution in [0.5, 0.6) is 0 Å². The van der Waals surface area contributed by atoms with Gasteiger partial charge in [0.25, 0.3) is 0 Å². The summed E-state index contributed by atoms with van der Waals surface area (Å²) in [7, 11) is 0. The van der Waals surface area contributed by atoms with Gasteiger partial charge in [-0.2, -0.15) is 0 Å². The van der Waals surface area contributed by atoms with E-state index in [0.717, 1.165) is 13.1 Å². The van der Waals surface area contributed by atoms with Crippen LogP contribution in [0, 0.1) is 12.3 Å². The Morgan fingerprint density at radius 3 is 2.53 bits per heavy atom. The Hall–Kier alpha value is -1.02. The number of rotatable bonds is 3. The topological polar surface area (TPSA) is 15.3 Å². The van der Waals surface area contributed by atoms with Crippen LogP contribution in [0.1, 0.15) is 39.2 Å². The quantitative estimate of drug-likeness (QED) is 0.893. The van der Waals surface area contributed by atoms with Crippen molar-refractivity contribution in [3.63, 3.8) is 0 Å². The number of piperidine rings is 1. The third-order valence-corrected chi connectivity index (χ3v) is 3.74. The fourth-order valence-electron chi connectivity index (χ4n) is 2.58. The third-order valence-electron chi connectivity index (χ3n) is 3.74. The van der Waals surface area contributed by atoms with Crippen LogP contribution >= 0.6 is 0 Å². The minimum atomic E-state index is 0.367. The van der Waals surface area contributed by atoms with Gasteiger partial charge in [0.15, 0.2) is 0 Å². The van der Waals surface area contributed by atoms with Crippen LogP contribution in [0.3, 0.4) is 0 Å². The molecule has 0 spiro atoms. The summed E-state index contributed by atoms with van der Waals surface area (Å²) in [5.41, 5.74) is 3.07. The Morgan fingerprint density at radius 1 is 1.21 bits per heavy atom. The Morgan fingerprint density at radius 2 is 1.89 bits per heavy atom. The lowest BCUT2D eigenvalue weighted by Crippen LogP contribution is -2.47. The van der Waals surface area contributed by atoms with Crippen molar-refractivity contribution in [3.8, 4) is 0 Å². The minimum Gasteiger partial charge on any atom is -0.370 e. The van der Waals surface area contributed by atoms with E-state index in [1.165, 1.54) is 30.6 Å². The van der Waals surface area contributed by atoms with Crippen LogP contribution in [-0.2, 0) is 0 Å². The first-order valence-electron chi connectivity index (χ1n) is 7.49. The smallest absolute Gasteiger partial charge is 0.0366 e. The van der Waals surface area contributed by atoms with Crippen LogP contribution in [0.2, 0.25) is 0 Å². The average Bonchev–Trinajstić information content (AvgIpc) is 2.37. The van der Waals surface area contributed by atoms with Gasteiger partial charge in [-0.05, 0) is 37.3 Å². The van der Waals surface area contributed by atoms with Gasteiger partial charge in [0, 0.05) is 31.4 Å². The van der Waals surface area contributed by atoms with E-state index in [1.807, 2.05) is 0 Å². The zero-order chi connectivity index (χ0) is 13.9. The first kappa shape index (κ1) is 14.4. The van der Waals surface area contributed by atoms with Crippen LogP contribution in [-0.4, -0.2) is 25.7 Å². The highest BCUT2D eigenvalue weighted by atomic mass is 15.2. The molecule has 1 N–H and O–H groups in total. The Kier molecular flexibility index (Phi) is 4.51. The monoisotopic (exact) mass is 260 g/mol. The maximum atomic E-state index is 3.73. The van der Waals surface area contributed by atoms with Crippen molar-refractivity contribution in [2.45, 2.75) is 46.6 Å². The van der Waals surface area contributed by atoms with Gasteiger partial charge in [-0.3, -0.25) is 0 Å². The molecule has 19 heavy (non-hydrogen) atoms. The van der Waals surface area contributed by atoms with E-state index >= 15 is 0 Å². The third kappa shape index (κ3) is 4.54. The average molecular weight is 260 g/mol. The molecule has 0 bridgehead atoms. The molecule has 0 amide bonds. The van der Waals surface area contributed by atoms with Crippen molar-refractivity contribution in [2.75, 3.05) is 24.5 Å². The molecule has 2 heteroatoms. The molecule has 1 fully saturated rings. The summed E-state index contributed by atoms with van der Waals surface area (Å²) in [4.78, 5) is 2.52. The van der Waals surface area contributed by atoms with E-state index in [2.05, 4.69) is 62.2 Å². The molecule has 1 aliphatic heterocycles. The highest BCUT2D eigenvalue weighted by Crippen LogP contribution is 2.21. The lowest BCUT2D eigenvalue weighted by atomic mass is 9.95. The summed E-state index contributed by atoms with van der Waals surface area (Å²) in [6, 6.07) is 9.56. The van der Waals surface area contributed by atoms with Gasteiger partial charge in [-0.15, -0.1) is 0 Å². The zero-order valence-electron chi connectivity index (χ0n) is 12.9. The van der Waals surface area contributed by atoms with Gasteiger partial charge < -0.3 is 10.2 Å². The normalized spacial score (nSPS) is 20.6. The number of nitrogens with zero attached hydrogens (tertiary/aromatic N) is 1. The van der Waals surface area contributed by atoms with E-state index in [1.54, 1.807) is 0 Å². The molecule has 0 aliphatic carbocycles. The SMILES string of the molecule is Cc1ccc(N2CCCC(NCC(C)(C)C)C2)cc1. The van der Waals surface area contributed by atoms with Crippen molar-refractivity contribution in [2.24, 2.45) is 5.41 Å². The molecule has 1 aromatic rings. The summed E-state index contributed by atoms with van der Waals surface area (Å²) < 4.78 is 0. The van der Waals surface area contributed by atoms with Gasteiger partial charge in [0.2, 0.25) is 0 Å². The predicted molar refractivity (Wildman–Crippen MR) is 83.9 cm³/mol. The summed E-state index contributed by atoms with van der Waals surface area (Å²) in [6.45, 7) is 12.4. The standard InChI is InChI=1S/C17H28N2/c1-14-7-9-16(10-8-14)19-11-5-6-15(12-19)18-13-17(2,3)4/h7-10,15,18H,5-6,11-13H2,1-4H3. The largest absolute Gasteiger partial charge is 0.370 e. The zero-order valence-corrected chi connectivity index (χ0v) is 12.9. The van der Waals surface area contributed by atoms with Crippen molar-refractivity contribution in [3.05, 3.63) is 29.8 Å². The van der Waals surface area contributed by atoms with Crippen molar-refractivity contribution in [1.29, 1.82) is 0 Å². The van der Waals surface area contributed by atoms with E-state index < -0.39 is 0 Å². The number of benzene rings is 1. The molecular weight excluding hydrogens is 232 g/mol. The van der Waals surface area contributed by atoms with E-state index in [9.17, 15) is 0 Å². The molecule has 106 valence electrons. The van der Waals surface area contributed by atoms with Crippen LogP contribution in [0.4, 0.5) is 5.69 Å².